The Labute approximate surface area is 238 Å². The van der Waals surface area contributed by atoms with Gasteiger partial charge in [0.25, 0.3) is 5.91 Å². The minimum absolute atomic E-state index is 0.157. The van der Waals surface area contributed by atoms with Gasteiger partial charge < -0.3 is 36.7 Å². The monoisotopic (exact) mass is 568 g/mol. The van der Waals surface area contributed by atoms with Gasteiger partial charge in [-0.1, -0.05) is 24.3 Å². The van der Waals surface area contributed by atoms with E-state index >= 15 is 0 Å². The number of para-hydroxylation sites is 1. The van der Waals surface area contributed by atoms with Gasteiger partial charge in [0.15, 0.2) is 0 Å². The maximum atomic E-state index is 13.6. The minimum atomic E-state index is -1.75. The maximum absolute atomic E-state index is 13.6. The second-order valence-corrected chi connectivity index (χ2v) is 10.4. The minimum Gasteiger partial charge on any atom is -0.426 e. The fourth-order valence-electron chi connectivity index (χ4n) is 4.32. The number of hydrogen-bond acceptors (Lipinski definition) is 8. The Bertz CT molecular complexity index is 1240. The highest BCUT2D eigenvalue weighted by molar-refractivity contribution is 7.98. The molecule has 214 valence electrons. The number of thioether (sulfide) groups is 1. The molecule has 0 aliphatic rings. The molecule has 0 bridgehead atoms. The molecule has 0 aliphatic carbocycles. The predicted octanol–water partition coefficient (Wildman–Crippen LogP) is 0.768. The number of aromatic nitrogens is 2. The molecular formula is C27H37BN6O5S. The summed E-state index contributed by atoms with van der Waals surface area (Å²) in [6, 6.07) is 10.6. The van der Waals surface area contributed by atoms with Gasteiger partial charge >= 0.3 is 7.12 Å². The summed E-state index contributed by atoms with van der Waals surface area (Å²) in [5, 5.41) is 28.7. The molecule has 8 N–H and O–H groups in total. The van der Waals surface area contributed by atoms with Crippen LogP contribution in [0.4, 0.5) is 0 Å². The highest BCUT2D eigenvalue weighted by Crippen LogP contribution is 2.19. The molecule has 0 fully saturated rings. The fraction of sp³-hybridized carbons (Fsp3) is 0.407. The van der Waals surface area contributed by atoms with Crippen molar-refractivity contribution < 1.29 is 24.4 Å². The van der Waals surface area contributed by atoms with Gasteiger partial charge in [0.2, 0.25) is 11.8 Å². The van der Waals surface area contributed by atoms with E-state index in [0.29, 0.717) is 38.0 Å². The first-order valence-corrected chi connectivity index (χ1v) is 14.7. The number of nitrogens with two attached hydrogens (primary N) is 1. The molecule has 0 saturated heterocycles. The molecule has 3 amide bonds. The van der Waals surface area contributed by atoms with Gasteiger partial charge in [0, 0.05) is 29.7 Å². The van der Waals surface area contributed by atoms with E-state index in [0.717, 1.165) is 16.5 Å². The van der Waals surface area contributed by atoms with Crippen molar-refractivity contribution in [3.8, 4) is 0 Å². The lowest BCUT2D eigenvalue weighted by Crippen LogP contribution is -2.57. The van der Waals surface area contributed by atoms with Crippen LogP contribution in [0.25, 0.3) is 10.9 Å². The molecule has 0 radical (unpaired) electrons. The number of carbonyl (C=O) groups is 3. The van der Waals surface area contributed by atoms with Crippen LogP contribution in [0.1, 0.15) is 41.7 Å². The van der Waals surface area contributed by atoms with Gasteiger partial charge in [-0.05, 0) is 68.0 Å². The Balaban J connectivity index is 1.82. The fourth-order valence-corrected chi connectivity index (χ4v) is 4.81. The second kappa shape index (κ2) is 16.0. The summed E-state index contributed by atoms with van der Waals surface area (Å²) < 4.78 is 0. The van der Waals surface area contributed by atoms with Crippen LogP contribution < -0.4 is 21.7 Å². The zero-order valence-corrected chi connectivity index (χ0v) is 23.3. The number of carbonyl (C=O) groups excluding carboxylic acids is 3. The van der Waals surface area contributed by atoms with Gasteiger partial charge in [-0.3, -0.25) is 19.4 Å². The maximum Gasteiger partial charge on any atom is 0.475 e. The van der Waals surface area contributed by atoms with Crippen LogP contribution in [0.2, 0.25) is 0 Å². The topological polar surface area (TPSA) is 182 Å². The van der Waals surface area contributed by atoms with Crippen LogP contribution >= 0.6 is 11.8 Å². The molecule has 11 nitrogen and oxygen atoms in total. The van der Waals surface area contributed by atoms with Crippen LogP contribution in [-0.4, -0.2) is 81.4 Å². The quantitative estimate of drug-likeness (QED) is 0.0977. The first-order valence-electron chi connectivity index (χ1n) is 13.3. The zero-order valence-electron chi connectivity index (χ0n) is 22.5. The summed E-state index contributed by atoms with van der Waals surface area (Å²) in [5.41, 5.74) is 7.51. The molecule has 40 heavy (non-hydrogen) atoms. The second-order valence-electron chi connectivity index (χ2n) is 9.46. The molecule has 0 unspecified atom stereocenters. The number of amides is 3. The number of H-pyrrole nitrogens is 1. The third kappa shape index (κ3) is 9.08. The molecule has 0 aliphatic heterocycles. The van der Waals surface area contributed by atoms with Crippen LogP contribution in [0.3, 0.4) is 0 Å². The van der Waals surface area contributed by atoms with Crippen molar-refractivity contribution >= 4 is 47.5 Å². The standard InChI is InChI=1S/C27H37BN6O5S/c1-40-15-12-24(28(38)39)34-26(36)22(11-4-6-13-29)32-27(37)23(33-25(35)21-10-5-7-14-30-21)16-18-17-31-20-9-3-2-8-19(18)20/h2-3,5,7-10,14,17,22-24,31,38-39H,4,6,11-13,15-16,29H2,1H3,(H,32,37)(H,33,35)(H,34,36)/t22-,23-,24-/m0/s1. The molecule has 3 aromatic rings. The van der Waals surface area contributed by atoms with E-state index in [-0.39, 0.29) is 12.1 Å². The highest BCUT2D eigenvalue weighted by atomic mass is 32.2. The van der Waals surface area contributed by atoms with Gasteiger partial charge in [-0.15, -0.1) is 0 Å². The highest BCUT2D eigenvalue weighted by Gasteiger charge is 2.31. The number of hydrogen-bond donors (Lipinski definition) is 7. The van der Waals surface area contributed by atoms with Crippen LogP contribution in [0, 0.1) is 0 Å². The van der Waals surface area contributed by atoms with Crippen LogP contribution in [0.15, 0.2) is 54.9 Å². The number of rotatable bonds is 16. The van der Waals surface area contributed by atoms with Crippen LogP contribution in [-0.2, 0) is 16.0 Å². The number of benzene rings is 1. The van der Waals surface area contributed by atoms with Crippen molar-refractivity contribution in [3.63, 3.8) is 0 Å². The van der Waals surface area contributed by atoms with E-state index in [1.807, 2.05) is 30.5 Å². The molecule has 2 heterocycles. The third-order valence-corrected chi connectivity index (χ3v) is 7.16. The molecule has 0 saturated carbocycles. The predicted molar refractivity (Wildman–Crippen MR) is 157 cm³/mol. The average Bonchev–Trinajstić information content (AvgIpc) is 3.37. The van der Waals surface area contributed by atoms with Crippen LogP contribution in [0.5, 0.6) is 0 Å². The summed E-state index contributed by atoms with van der Waals surface area (Å²) in [4.78, 5) is 47.1. The van der Waals surface area contributed by atoms with Crippen molar-refractivity contribution in [3.05, 3.63) is 66.1 Å². The van der Waals surface area contributed by atoms with Crippen molar-refractivity contribution in [2.45, 2.75) is 50.1 Å². The van der Waals surface area contributed by atoms with E-state index in [9.17, 15) is 24.4 Å². The lowest BCUT2D eigenvalue weighted by Gasteiger charge is -2.25. The lowest BCUT2D eigenvalue weighted by atomic mass is 9.77. The third-order valence-electron chi connectivity index (χ3n) is 6.52. The average molecular weight is 569 g/mol. The molecule has 1 aromatic carbocycles. The summed E-state index contributed by atoms with van der Waals surface area (Å²) in [5.74, 6) is -1.89. The SMILES string of the molecule is CSCC[C@H](NC(=O)[C@H](CCCCN)NC(=O)[C@H](Cc1c[nH]c2ccccc12)NC(=O)c1ccccn1)B(O)O. The summed E-state index contributed by atoms with van der Waals surface area (Å²) in [6.07, 6.45) is 7.18. The Morgan fingerprint density at radius 3 is 2.45 bits per heavy atom. The van der Waals surface area contributed by atoms with Crippen molar-refractivity contribution in [1.29, 1.82) is 0 Å². The first kappa shape index (κ1) is 31.1. The van der Waals surface area contributed by atoms with Gasteiger partial charge in [0.1, 0.15) is 17.8 Å². The summed E-state index contributed by atoms with van der Waals surface area (Å²) >= 11 is 1.52. The van der Waals surface area contributed by atoms with Gasteiger partial charge in [-0.25, -0.2) is 0 Å². The Morgan fingerprint density at radius 2 is 1.75 bits per heavy atom. The number of pyridine rings is 1. The lowest BCUT2D eigenvalue weighted by molar-refractivity contribution is -0.130. The van der Waals surface area contributed by atoms with Gasteiger partial charge in [0.05, 0.1) is 5.94 Å². The van der Waals surface area contributed by atoms with E-state index in [4.69, 9.17) is 5.73 Å². The molecule has 13 heteroatoms. The molecular weight excluding hydrogens is 531 g/mol. The molecule has 0 spiro atoms. The molecule has 2 aromatic heterocycles. The van der Waals surface area contributed by atoms with E-state index in [1.165, 1.54) is 18.0 Å². The van der Waals surface area contributed by atoms with Crippen molar-refractivity contribution in [2.24, 2.45) is 5.73 Å². The Hall–Kier alpha value is -3.39. The Kier molecular flexibility index (Phi) is 12.5. The zero-order chi connectivity index (χ0) is 28.9. The summed E-state index contributed by atoms with van der Waals surface area (Å²) in [6.45, 7) is 0.428. The van der Waals surface area contributed by atoms with E-state index in [2.05, 4.69) is 25.9 Å². The number of nitrogens with one attached hydrogen (secondary N) is 4. The normalized spacial score (nSPS) is 13.3. The number of aromatic amines is 1. The molecule has 3 rings (SSSR count). The summed E-state index contributed by atoms with van der Waals surface area (Å²) in [7, 11) is -1.75. The largest absolute Gasteiger partial charge is 0.475 e. The van der Waals surface area contributed by atoms with Gasteiger partial charge in [-0.2, -0.15) is 11.8 Å². The first-order chi connectivity index (χ1) is 19.3. The Morgan fingerprint density at radius 1 is 1.00 bits per heavy atom. The number of unbranched alkanes of at least 4 members (excludes halogenated alkanes) is 1. The molecule has 3 atom stereocenters. The number of fused-ring (bicyclic) bond motifs is 1. The van der Waals surface area contributed by atoms with E-state index in [1.54, 1.807) is 24.4 Å². The smallest absolute Gasteiger partial charge is 0.426 e. The van der Waals surface area contributed by atoms with E-state index < -0.39 is 42.9 Å². The van der Waals surface area contributed by atoms with Crippen molar-refractivity contribution in [2.75, 3.05) is 18.6 Å². The number of nitrogens with zero attached hydrogens (tertiary/aromatic N) is 1. The van der Waals surface area contributed by atoms with Crippen molar-refractivity contribution in [1.82, 2.24) is 25.9 Å².